The molecule has 3 rings (SSSR count). The van der Waals surface area contributed by atoms with Gasteiger partial charge in [0, 0.05) is 17.7 Å². The second-order valence-electron chi connectivity index (χ2n) is 6.00. The molecule has 0 unspecified atom stereocenters. The Morgan fingerprint density at radius 3 is 2.62 bits per heavy atom. The van der Waals surface area contributed by atoms with Crippen LogP contribution in [0.1, 0.15) is 29.6 Å². The zero-order valence-corrected chi connectivity index (χ0v) is 15.7. The molecule has 138 valence electrons. The van der Waals surface area contributed by atoms with E-state index in [9.17, 15) is 12.8 Å². The van der Waals surface area contributed by atoms with Crippen molar-refractivity contribution in [3.05, 3.63) is 46.7 Å². The van der Waals surface area contributed by atoms with Crippen LogP contribution in [-0.4, -0.2) is 23.6 Å². The van der Waals surface area contributed by atoms with Gasteiger partial charge in [0.25, 0.3) is 15.9 Å². The summed E-state index contributed by atoms with van der Waals surface area (Å²) in [6.45, 7) is 6.87. The lowest BCUT2D eigenvalue weighted by molar-refractivity contribution is 0.511. The molecule has 26 heavy (non-hydrogen) atoms. The standard InChI is InChI=1S/C17H19FN4O3S/c1-5-14-20-21-17(25-14)15-10(3)16(11(4)19-15)26(23,24)22-13-8-12(18)7-6-9(13)2/h6-8,19,22H,5H2,1-4H3. The van der Waals surface area contributed by atoms with E-state index in [0.29, 0.717) is 34.8 Å². The van der Waals surface area contributed by atoms with Gasteiger partial charge in [0.2, 0.25) is 5.89 Å². The minimum atomic E-state index is -3.94. The van der Waals surface area contributed by atoms with Crippen molar-refractivity contribution in [1.29, 1.82) is 0 Å². The predicted octanol–water partition coefficient (Wildman–Crippen LogP) is 3.49. The topological polar surface area (TPSA) is 101 Å². The highest BCUT2D eigenvalue weighted by atomic mass is 32.2. The summed E-state index contributed by atoms with van der Waals surface area (Å²) in [5.41, 5.74) is 2.14. The smallest absolute Gasteiger partial charge is 0.264 e. The number of nitrogens with one attached hydrogen (secondary N) is 2. The summed E-state index contributed by atoms with van der Waals surface area (Å²) in [5, 5.41) is 7.85. The van der Waals surface area contributed by atoms with Gasteiger partial charge in [0.05, 0.1) is 5.69 Å². The summed E-state index contributed by atoms with van der Waals surface area (Å²) < 4.78 is 47.2. The van der Waals surface area contributed by atoms with E-state index in [-0.39, 0.29) is 16.5 Å². The Hall–Kier alpha value is -2.68. The molecule has 9 heteroatoms. The van der Waals surface area contributed by atoms with E-state index in [2.05, 4.69) is 19.9 Å². The predicted molar refractivity (Wildman–Crippen MR) is 94.9 cm³/mol. The Labute approximate surface area is 150 Å². The van der Waals surface area contributed by atoms with Crippen LogP contribution in [0.25, 0.3) is 11.6 Å². The summed E-state index contributed by atoms with van der Waals surface area (Å²) >= 11 is 0. The highest BCUT2D eigenvalue weighted by molar-refractivity contribution is 7.92. The number of aryl methyl sites for hydroxylation is 3. The van der Waals surface area contributed by atoms with Crippen molar-refractivity contribution in [2.24, 2.45) is 0 Å². The van der Waals surface area contributed by atoms with Crippen LogP contribution in [0.5, 0.6) is 0 Å². The molecule has 0 saturated carbocycles. The Morgan fingerprint density at radius 2 is 1.96 bits per heavy atom. The van der Waals surface area contributed by atoms with E-state index < -0.39 is 15.8 Å². The van der Waals surface area contributed by atoms with Gasteiger partial charge in [-0.1, -0.05) is 13.0 Å². The lowest BCUT2D eigenvalue weighted by atomic mass is 10.2. The van der Waals surface area contributed by atoms with E-state index in [1.807, 2.05) is 6.92 Å². The number of anilines is 1. The first-order chi connectivity index (χ1) is 12.2. The maximum atomic E-state index is 13.5. The van der Waals surface area contributed by atoms with Gasteiger partial charge in [-0.3, -0.25) is 4.72 Å². The molecule has 2 aromatic heterocycles. The quantitative estimate of drug-likeness (QED) is 0.708. The van der Waals surface area contributed by atoms with E-state index >= 15 is 0 Å². The van der Waals surface area contributed by atoms with Crippen molar-refractivity contribution in [2.75, 3.05) is 4.72 Å². The molecular weight excluding hydrogens is 359 g/mol. The van der Waals surface area contributed by atoms with Crippen LogP contribution in [0.3, 0.4) is 0 Å². The molecule has 1 aromatic carbocycles. The third-order valence-corrected chi connectivity index (χ3v) is 5.70. The number of nitrogens with zero attached hydrogens (tertiary/aromatic N) is 2. The molecule has 0 radical (unpaired) electrons. The fourth-order valence-corrected chi connectivity index (χ4v) is 4.32. The third kappa shape index (κ3) is 3.22. The Bertz CT molecular complexity index is 1070. The van der Waals surface area contributed by atoms with Gasteiger partial charge < -0.3 is 9.40 Å². The number of aromatic nitrogens is 3. The van der Waals surface area contributed by atoms with Gasteiger partial charge in [-0.15, -0.1) is 10.2 Å². The van der Waals surface area contributed by atoms with Crippen molar-refractivity contribution >= 4 is 15.7 Å². The van der Waals surface area contributed by atoms with E-state index in [1.165, 1.54) is 12.1 Å². The molecule has 0 fully saturated rings. The van der Waals surface area contributed by atoms with E-state index in [0.717, 1.165) is 6.07 Å². The second-order valence-corrected chi connectivity index (χ2v) is 7.62. The molecular formula is C17H19FN4O3S. The normalized spacial score (nSPS) is 11.7. The molecule has 0 aliphatic carbocycles. The Morgan fingerprint density at radius 1 is 1.23 bits per heavy atom. The van der Waals surface area contributed by atoms with Crippen LogP contribution in [0, 0.1) is 26.6 Å². The summed E-state index contributed by atoms with van der Waals surface area (Å²) in [6.07, 6.45) is 0.581. The van der Waals surface area contributed by atoms with Gasteiger partial charge in [-0.2, -0.15) is 0 Å². The molecule has 0 amide bonds. The van der Waals surface area contributed by atoms with Crippen molar-refractivity contribution < 1.29 is 17.2 Å². The molecule has 0 aliphatic rings. The molecule has 0 bridgehead atoms. The van der Waals surface area contributed by atoms with E-state index in [4.69, 9.17) is 4.42 Å². The lowest BCUT2D eigenvalue weighted by Crippen LogP contribution is -2.15. The molecule has 2 heterocycles. The molecule has 0 atom stereocenters. The van der Waals surface area contributed by atoms with Crippen molar-refractivity contribution in [3.63, 3.8) is 0 Å². The zero-order valence-electron chi connectivity index (χ0n) is 14.8. The minimum absolute atomic E-state index is 0.0763. The highest BCUT2D eigenvalue weighted by Crippen LogP contribution is 2.31. The number of benzene rings is 1. The maximum absolute atomic E-state index is 13.5. The summed E-state index contributed by atoms with van der Waals surface area (Å²) in [5.74, 6) is 0.171. The van der Waals surface area contributed by atoms with Crippen LogP contribution >= 0.6 is 0 Å². The zero-order chi connectivity index (χ0) is 19.1. The first-order valence-electron chi connectivity index (χ1n) is 8.03. The van der Waals surface area contributed by atoms with Crippen molar-refractivity contribution in [3.8, 4) is 11.6 Å². The first-order valence-corrected chi connectivity index (χ1v) is 9.52. The third-order valence-electron chi connectivity index (χ3n) is 4.06. The Kier molecular flexibility index (Phi) is 4.57. The van der Waals surface area contributed by atoms with Gasteiger partial charge in [-0.05, 0) is 38.5 Å². The molecule has 2 N–H and O–H groups in total. The van der Waals surface area contributed by atoms with Crippen molar-refractivity contribution in [2.45, 2.75) is 39.0 Å². The average Bonchev–Trinajstić information content (AvgIpc) is 3.15. The Balaban J connectivity index is 2.04. The monoisotopic (exact) mass is 378 g/mol. The number of halogens is 1. The molecule has 3 aromatic rings. The fraction of sp³-hybridized carbons (Fsp3) is 0.294. The number of aromatic amines is 1. The largest absolute Gasteiger partial charge is 0.419 e. The van der Waals surface area contributed by atoms with Gasteiger partial charge in [0.15, 0.2) is 0 Å². The summed E-state index contributed by atoms with van der Waals surface area (Å²) in [6, 6.07) is 3.94. The minimum Gasteiger partial charge on any atom is -0.419 e. The van der Waals surface area contributed by atoms with Gasteiger partial charge in [0.1, 0.15) is 16.4 Å². The first kappa shape index (κ1) is 18.1. The molecule has 7 nitrogen and oxygen atoms in total. The fourth-order valence-electron chi connectivity index (χ4n) is 2.75. The number of hydrogen-bond acceptors (Lipinski definition) is 5. The summed E-state index contributed by atoms with van der Waals surface area (Å²) in [4.78, 5) is 3.07. The van der Waals surface area contributed by atoms with Crippen LogP contribution < -0.4 is 4.72 Å². The average molecular weight is 378 g/mol. The highest BCUT2D eigenvalue weighted by Gasteiger charge is 2.27. The molecule has 0 saturated heterocycles. The van der Waals surface area contributed by atoms with Crippen LogP contribution in [-0.2, 0) is 16.4 Å². The lowest BCUT2D eigenvalue weighted by Gasteiger charge is -2.11. The number of H-pyrrole nitrogens is 1. The summed E-state index contributed by atoms with van der Waals surface area (Å²) in [7, 11) is -3.94. The van der Waals surface area contributed by atoms with Crippen LogP contribution in [0.4, 0.5) is 10.1 Å². The number of hydrogen-bond donors (Lipinski definition) is 2. The maximum Gasteiger partial charge on any atom is 0.264 e. The molecule has 0 aliphatic heterocycles. The van der Waals surface area contributed by atoms with Crippen LogP contribution in [0.2, 0.25) is 0 Å². The van der Waals surface area contributed by atoms with E-state index in [1.54, 1.807) is 20.8 Å². The molecule has 0 spiro atoms. The second kappa shape index (κ2) is 6.56. The van der Waals surface area contributed by atoms with Gasteiger partial charge in [-0.25, -0.2) is 12.8 Å². The van der Waals surface area contributed by atoms with Gasteiger partial charge >= 0.3 is 0 Å². The number of sulfonamides is 1. The van der Waals surface area contributed by atoms with Crippen molar-refractivity contribution in [1.82, 2.24) is 15.2 Å². The SMILES string of the molecule is CCc1nnc(-c2[nH]c(C)c(S(=O)(=O)Nc3cc(F)ccc3C)c2C)o1. The number of rotatable bonds is 5. The van der Waals surface area contributed by atoms with Crippen LogP contribution in [0.15, 0.2) is 27.5 Å².